The molecule has 6 heteroatoms. The molecular weight excluding hydrogens is 276 g/mol. The second kappa shape index (κ2) is 6.11. The molecule has 2 N–H and O–H groups in total. The zero-order valence-electron chi connectivity index (χ0n) is 12.0. The van der Waals surface area contributed by atoms with Crippen molar-refractivity contribution in [1.82, 2.24) is 4.72 Å². The van der Waals surface area contributed by atoms with E-state index in [4.69, 9.17) is 4.74 Å². The van der Waals surface area contributed by atoms with E-state index in [-0.39, 0.29) is 10.5 Å². The van der Waals surface area contributed by atoms with Gasteiger partial charge in [-0.25, -0.2) is 13.1 Å². The molecule has 1 fully saturated rings. The molecule has 1 saturated carbocycles. The smallest absolute Gasteiger partial charge is 0.240 e. The molecule has 0 saturated heterocycles. The van der Waals surface area contributed by atoms with Gasteiger partial charge in [0.05, 0.1) is 10.5 Å². The van der Waals surface area contributed by atoms with Gasteiger partial charge in [0.15, 0.2) is 0 Å². The summed E-state index contributed by atoms with van der Waals surface area (Å²) in [6.07, 6.45) is 3.35. The van der Waals surface area contributed by atoms with Crippen LogP contribution in [0.5, 0.6) is 0 Å². The highest BCUT2D eigenvalue weighted by molar-refractivity contribution is 7.89. The van der Waals surface area contributed by atoms with Gasteiger partial charge in [-0.15, -0.1) is 0 Å². The van der Waals surface area contributed by atoms with Crippen molar-refractivity contribution < 1.29 is 13.2 Å². The molecule has 0 spiro atoms. The first kappa shape index (κ1) is 15.3. The zero-order valence-corrected chi connectivity index (χ0v) is 12.8. The standard InChI is InChI=1S/C14H22N2O3S/c1-3-16-20(17,18)13-7-5-12(6-8-13)15-11-14(19-2)9-4-10-14/h5-8,15-16H,3-4,9-11H2,1-2H3. The molecule has 0 amide bonds. The Morgan fingerprint density at radius 3 is 2.35 bits per heavy atom. The molecule has 2 rings (SSSR count). The summed E-state index contributed by atoms with van der Waals surface area (Å²) in [6, 6.07) is 6.79. The lowest BCUT2D eigenvalue weighted by molar-refractivity contribution is -0.0601. The van der Waals surface area contributed by atoms with Crippen LogP contribution >= 0.6 is 0 Å². The summed E-state index contributed by atoms with van der Waals surface area (Å²) in [5, 5.41) is 3.31. The van der Waals surface area contributed by atoms with E-state index in [0.717, 1.165) is 25.1 Å². The van der Waals surface area contributed by atoms with Crippen LogP contribution in [-0.2, 0) is 14.8 Å². The van der Waals surface area contributed by atoms with Crippen LogP contribution in [-0.4, -0.2) is 34.2 Å². The first-order chi connectivity index (χ1) is 9.51. The highest BCUT2D eigenvalue weighted by Crippen LogP contribution is 2.35. The number of sulfonamides is 1. The molecule has 5 nitrogen and oxygen atoms in total. The van der Waals surface area contributed by atoms with Gasteiger partial charge in [0.1, 0.15) is 0 Å². The number of rotatable bonds is 7. The second-order valence-electron chi connectivity index (χ2n) is 5.12. The number of ether oxygens (including phenoxy) is 1. The minimum absolute atomic E-state index is 0.0471. The fraction of sp³-hybridized carbons (Fsp3) is 0.571. The van der Waals surface area contributed by atoms with E-state index in [1.807, 2.05) is 0 Å². The SMILES string of the molecule is CCNS(=O)(=O)c1ccc(NCC2(OC)CCC2)cc1. The molecule has 1 aliphatic rings. The van der Waals surface area contributed by atoms with Crippen molar-refractivity contribution in [2.24, 2.45) is 0 Å². The van der Waals surface area contributed by atoms with E-state index >= 15 is 0 Å². The van der Waals surface area contributed by atoms with Crippen LogP contribution in [0.4, 0.5) is 5.69 Å². The minimum Gasteiger partial charge on any atom is -0.382 e. The van der Waals surface area contributed by atoms with Crippen LogP contribution in [0.3, 0.4) is 0 Å². The third-order valence-corrected chi connectivity index (χ3v) is 5.37. The molecule has 0 aliphatic heterocycles. The van der Waals surface area contributed by atoms with Crippen LogP contribution in [0.15, 0.2) is 29.2 Å². The Morgan fingerprint density at radius 1 is 1.25 bits per heavy atom. The summed E-state index contributed by atoms with van der Waals surface area (Å²) in [5.41, 5.74) is 0.859. The van der Waals surface area contributed by atoms with Crippen LogP contribution < -0.4 is 10.0 Å². The van der Waals surface area contributed by atoms with Crippen LogP contribution in [0.2, 0.25) is 0 Å². The summed E-state index contributed by atoms with van der Waals surface area (Å²) < 4.78 is 31.6. The molecule has 0 radical (unpaired) electrons. The number of anilines is 1. The van der Waals surface area contributed by atoms with E-state index in [9.17, 15) is 8.42 Å². The number of hydrogen-bond acceptors (Lipinski definition) is 4. The molecular formula is C14H22N2O3S. The molecule has 0 unspecified atom stereocenters. The van der Waals surface area contributed by atoms with Crippen molar-refractivity contribution in [3.8, 4) is 0 Å². The lowest BCUT2D eigenvalue weighted by Crippen LogP contribution is -2.45. The van der Waals surface area contributed by atoms with E-state index in [1.165, 1.54) is 6.42 Å². The van der Waals surface area contributed by atoms with Crippen LogP contribution in [0.1, 0.15) is 26.2 Å². The van der Waals surface area contributed by atoms with Crippen molar-refractivity contribution >= 4 is 15.7 Å². The van der Waals surface area contributed by atoms with Crippen LogP contribution in [0.25, 0.3) is 0 Å². The number of methoxy groups -OCH3 is 1. The lowest BCUT2D eigenvalue weighted by Gasteiger charge is -2.40. The predicted molar refractivity (Wildman–Crippen MR) is 79.4 cm³/mol. The maximum atomic E-state index is 11.8. The van der Waals surface area contributed by atoms with Gasteiger partial charge in [-0.2, -0.15) is 0 Å². The van der Waals surface area contributed by atoms with Crippen molar-refractivity contribution in [2.75, 3.05) is 25.5 Å². The fourth-order valence-corrected chi connectivity index (χ4v) is 3.35. The Kier molecular flexibility index (Phi) is 4.67. The van der Waals surface area contributed by atoms with Gasteiger partial charge in [-0.3, -0.25) is 0 Å². The maximum absolute atomic E-state index is 11.8. The van der Waals surface area contributed by atoms with Gasteiger partial charge < -0.3 is 10.1 Å². The molecule has 1 aromatic rings. The molecule has 1 aromatic carbocycles. The molecule has 112 valence electrons. The van der Waals surface area contributed by atoms with Crippen molar-refractivity contribution in [3.05, 3.63) is 24.3 Å². The number of benzene rings is 1. The number of hydrogen-bond donors (Lipinski definition) is 2. The highest BCUT2D eigenvalue weighted by atomic mass is 32.2. The van der Waals surface area contributed by atoms with Gasteiger partial charge in [0.25, 0.3) is 0 Å². The quantitative estimate of drug-likeness (QED) is 0.807. The van der Waals surface area contributed by atoms with Gasteiger partial charge in [0, 0.05) is 25.9 Å². The van der Waals surface area contributed by atoms with E-state index in [0.29, 0.717) is 6.54 Å². The summed E-state index contributed by atoms with van der Waals surface area (Å²) in [4.78, 5) is 0.287. The van der Waals surface area contributed by atoms with E-state index in [2.05, 4.69) is 10.0 Å². The Balaban J connectivity index is 1.98. The molecule has 1 aliphatic carbocycles. The van der Waals surface area contributed by atoms with E-state index < -0.39 is 10.0 Å². The Morgan fingerprint density at radius 2 is 1.90 bits per heavy atom. The molecule has 0 heterocycles. The van der Waals surface area contributed by atoms with Crippen LogP contribution in [0, 0.1) is 0 Å². The normalized spacial score (nSPS) is 17.5. The third kappa shape index (κ3) is 3.31. The maximum Gasteiger partial charge on any atom is 0.240 e. The van der Waals surface area contributed by atoms with Gasteiger partial charge in [0.2, 0.25) is 10.0 Å². The topological polar surface area (TPSA) is 67.4 Å². The fourth-order valence-electron chi connectivity index (χ4n) is 2.31. The summed E-state index contributed by atoms with van der Waals surface area (Å²) >= 11 is 0. The van der Waals surface area contributed by atoms with Gasteiger partial charge in [-0.1, -0.05) is 6.92 Å². The average Bonchev–Trinajstić information content (AvgIpc) is 2.38. The van der Waals surface area contributed by atoms with E-state index in [1.54, 1.807) is 38.3 Å². The average molecular weight is 298 g/mol. The first-order valence-electron chi connectivity index (χ1n) is 6.90. The third-order valence-electron chi connectivity index (χ3n) is 3.81. The largest absolute Gasteiger partial charge is 0.382 e. The predicted octanol–water partition coefficient (Wildman–Crippen LogP) is 1.97. The zero-order chi connectivity index (χ0) is 14.6. The molecule has 20 heavy (non-hydrogen) atoms. The Bertz CT molecular complexity index is 531. The van der Waals surface area contributed by atoms with Crippen molar-refractivity contribution in [2.45, 2.75) is 36.7 Å². The summed E-state index contributed by atoms with van der Waals surface area (Å²) in [6.45, 7) is 2.90. The molecule has 0 aromatic heterocycles. The van der Waals surface area contributed by atoms with Gasteiger partial charge >= 0.3 is 0 Å². The van der Waals surface area contributed by atoms with Crippen molar-refractivity contribution in [1.29, 1.82) is 0 Å². The van der Waals surface area contributed by atoms with Crippen molar-refractivity contribution in [3.63, 3.8) is 0 Å². The first-order valence-corrected chi connectivity index (χ1v) is 8.38. The van der Waals surface area contributed by atoms with Gasteiger partial charge in [-0.05, 0) is 43.5 Å². The Hall–Kier alpha value is -1.11. The second-order valence-corrected chi connectivity index (χ2v) is 6.89. The summed E-state index contributed by atoms with van der Waals surface area (Å²) in [5.74, 6) is 0. The lowest BCUT2D eigenvalue weighted by atomic mass is 9.80. The minimum atomic E-state index is -3.37. The highest BCUT2D eigenvalue weighted by Gasteiger charge is 2.36. The number of nitrogens with one attached hydrogen (secondary N) is 2. The Labute approximate surface area is 120 Å². The molecule has 0 atom stereocenters. The summed E-state index contributed by atoms with van der Waals surface area (Å²) in [7, 11) is -1.63. The monoisotopic (exact) mass is 298 g/mol. The molecule has 0 bridgehead atoms.